The Bertz CT molecular complexity index is 605. The standard InChI is InChI=1S/C13H14BrN3O/c1-9-3-5-10(6-4-9)7-15-11-8-16-17(2)13(18)12(11)14/h3-6,8,15H,7H2,1-2H3. The van der Waals surface area contributed by atoms with Crippen molar-refractivity contribution in [3.8, 4) is 0 Å². The van der Waals surface area contributed by atoms with Crippen molar-refractivity contribution >= 4 is 21.6 Å². The van der Waals surface area contributed by atoms with Crippen LogP contribution in [0.1, 0.15) is 11.1 Å². The first-order chi connectivity index (χ1) is 8.58. The number of halogens is 1. The zero-order valence-corrected chi connectivity index (χ0v) is 11.9. The maximum absolute atomic E-state index is 11.7. The number of nitrogens with zero attached hydrogens (tertiary/aromatic N) is 2. The van der Waals surface area contributed by atoms with Gasteiger partial charge in [0.25, 0.3) is 5.56 Å². The summed E-state index contributed by atoms with van der Waals surface area (Å²) in [4.78, 5) is 11.7. The van der Waals surface area contributed by atoms with E-state index in [9.17, 15) is 4.79 Å². The van der Waals surface area contributed by atoms with E-state index < -0.39 is 0 Å². The molecule has 1 heterocycles. The highest BCUT2D eigenvalue weighted by atomic mass is 79.9. The van der Waals surface area contributed by atoms with Gasteiger partial charge < -0.3 is 5.32 Å². The molecule has 1 aromatic carbocycles. The van der Waals surface area contributed by atoms with Crippen LogP contribution in [0, 0.1) is 6.92 Å². The summed E-state index contributed by atoms with van der Waals surface area (Å²) < 4.78 is 1.80. The molecular weight excluding hydrogens is 294 g/mol. The molecule has 1 N–H and O–H groups in total. The molecule has 0 saturated heterocycles. The van der Waals surface area contributed by atoms with Crippen LogP contribution in [0.3, 0.4) is 0 Å². The minimum Gasteiger partial charge on any atom is -0.379 e. The van der Waals surface area contributed by atoms with Crippen LogP contribution >= 0.6 is 15.9 Å². The average Bonchev–Trinajstić information content (AvgIpc) is 2.37. The van der Waals surface area contributed by atoms with Gasteiger partial charge in [0.05, 0.1) is 11.9 Å². The monoisotopic (exact) mass is 307 g/mol. The normalized spacial score (nSPS) is 10.4. The molecule has 1 aromatic heterocycles. The molecule has 5 heteroatoms. The zero-order valence-electron chi connectivity index (χ0n) is 10.3. The van der Waals surface area contributed by atoms with E-state index in [1.807, 2.05) is 0 Å². The van der Waals surface area contributed by atoms with Gasteiger partial charge in [-0.3, -0.25) is 4.79 Å². The molecule has 94 valence electrons. The molecule has 0 aliphatic carbocycles. The zero-order chi connectivity index (χ0) is 13.1. The Labute approximate surface area is 114 Å². The highest BCUT2D eigenvalue weighted by Gasteiger charge is 2.06. The van der Waals surface area contributed by atoms with E-state index in [0.717, 1.165) is 5.56 Å². The summed E-state index contributed by atoms with van der Waals surface area (Å²) in [5, 5.41) is 7.17. The third-order valence-electron chi connectivity index (χ3n) is 2.68. The van der Waals surface area contributed by atoms with E-state index >= 15 is 0 Å². The average molecular weight is 308 g/mol. The third-order valence-corrected chi connectivity index (χ3v) is 3.45. The van der Waals surface area contributed by atoms with Crippen molar-refractivity contribution in [3.05, 3.63) is 56.4 Å². The van der Waals surface area contributed by atoms with Crippen LogP contribution in [0.4, 0.5) is 5.69 Å². The number of rotatable bonds is 3. The molecule has 0 atom stereocenters. The van der Waals surface area contributed by atoms with Crippen LogP contribution in [0.25, 0.3) is 0 Å². The summed E-state index contributed by atoms with van der Waals surface area (Å²) in [6.07, 6.45) is 1.64. The van der Waals surface area contributed by atoms with E-state index in [2.05, 4.69) is 57.5 Å². The van der Waals surface area contributed by atoms with Crippen molar-refractivity contribution < 1.29 is 0 Å². The summed E-state index contributed by atoms with van der Waals surface area (Å²) >= 11 is 3.28. The molecule has 18 heavy (non-hydrogen) atoms. The number of hydrogen-bond acceptors (Lipinski definition) is 3. The molecule has 0 saturated carbocycles. The van der Waals surface area contributed by atoms with Gasteiger partial charge in [0.1, 0.15) is 4.47 Å². The van der Waals surface area contributed by atoms with Crippen molar-refractivity contribution in [1.29, 1.82) is 0 Å². The first-order valence-electron chi connectivity index (χ1n) is 5.59. The van der Waals surface area contributed by atoms with Gasteiger partial charge in [0.2, 0.25) is 0 Å². The maximum atomic E-state index is 11.7. The second-order valence-corrected chi connectivity index (χ2v) is 4.93. The smallest absolute Gasteiger partial charge is 0.282 e. The molecular formula is C13H14BrN3O. The number of hydrogen-bond donors (Lipinski definition) is 1. The molecule has 0 fully saturated rings. The Balaban J connectivity index is 2.13. The lowest BCUT2D eigenvalue weighted by Crippen LogP contribution is -2.21. The van der Waals surface area contributed by atoms with Crippen LogP contribution in [0.15, 0.2) is 39.7 Å². The fourth-order valence-corrected chi connectivity index (χ4v) is 2.04. The van der Waals surface area contributed by atoms with Crippen LogP contribution in [-0.4, -0.2) is 9.78 Å². The molecule has 0 unspecified atom stereocenters. The summed E-state index contributed by atoms with van der Waals surface area (Å²) in [6, 6.07) is 8.25. The lowest BCUT2D eigenvalue weighted by molar-refractivity contribution is 0.703. The molecule has 2 rings (SSSR count). The van der Waals surface area contributed by atoms with Crippen LogP contribution in [0.2, 0.25) is 0 Å². The van der Waals surface area contributed by atoms with E-state index in [1.54, 1.807) is 13.2 Å². The van der Waals surface area contributed by atoms with Crippen molar-refractivity contribution in [2.45, 2.75) is 13.5 Å². The van der Waals surface area contributed by atoms with Gasteiger partial charge in [0, 0.05) is 13.6 Å². The first kappa shape index (κ1) is 12.8. The van der Waals surface area contributed by atoms with Crippen LogP contribution < -0.4 is 10.9 Å². The first-order valence-corrected chi connectivity index (χ1v) is 6.38. The number of aromatic nitrogens is 2. The van der Waals surface area contributed by atoms with Crippen molar-refractivity contribution in [3.63, 3.8) is 0 Å². The largest absolute Gasteiger partial charge is 0.379 e. The highest BCUT2D eigenvalue weighted by Crippen LogP contribution is 2.17. The van der Waals surface area contributed by atoms with Crippen molar-refractivity contribution in [2.24, 2.45) is 7.05 Å². The molecule has 0 aliphatic heterocycles. The fraction of sp³-hybridized carbons (Fsp3) is 0.231. The summed E-state index contributed by atoms with van der Waals surface area (Å²) in [5.74, 6) is 0. The van der Waals surface area contributed by atoms with Gasteiger partial charge >= 0.3 is 0 Å². The number of benzene rings is 1. The number of aryl methyl sites for hydroxylation is 2. The molecule has 0 amide bonds. The molecule has 0 radical (unpaired) electrons. The second kappa shape index (κ2) is 5.35. The molecule has 0 bridgehead atoms. The van der Waals surface area contributed by atoms with Gasteiger partial charge in [-0.05, 0) is 28.4 Å². The summed E-state index contributed by atoms with van der Waals surface area (Å²) in [6.45, 7) is 2.71. The molecule has 4 nitrogen and oxygen atoms in total. The van der Waals surface area contributed by atoms with Gasteiger partial charge in [-0.2, -0.15) is 5.10 Å². The van der Waals surface area contributed by atoms with E-state index in [-0.39, 0.29) is 5.56 Å². The topological polar surface area (TPSA) is 46.9 Å². The summed E-state index contributed by atoms with van der Waals surface area (Å²) in [5.41, 5.74) is 2.95. The quantitative estimate of drug-likeness (QED) is 0.947. The summed E-state index contributed by atoms with van der Waals surface area (Å²) in [7, 11) is 1.62. The number of nitrogens with one attached hydrogen (secondary N) is 1. The van der Waals surface area contributed by atoms with E-state index in [0.29, 0.717) is 16.7 Å². The minimum absolute atomic E-state index is 0.149. The van der Waals surface area contributed by atoms with Gasteiger partial charge in [0.15, 0.2) is 0 Å². The van der Waals surface area contributed by atoms with E-state index in [1.165, 1.54) is 10.2 Å². The third kappa shape index (κ3) is 2.79. The fourth-order valence-electron chi connectivity index (χ4n) is 1.54. The molecule has 2 aromatic rings. The Morgan fingerprint density at radius 1 is 1.33 bits per heavy atom. The van der Waals surface area contributed by atoms with Crippen LogP contribution in [-0.2, 0) is 13.6 Å². The SMILES string of the molecule is Cc1ccc(CNc2cnn(C)c(=O)c2Br)cc1. The van der Waals surface area contributed by atoms with Gasteiger partial charge in [-0.25, -0.2) is 4.68 Å². The Morgan fingerprint density at radius 3 is 2.67 bits per heavy atom. The Morgan fingerprint density at radius 2 is 2.00 bits per heavy atom. The van der Waals surface area contributed by atoms with E-state index in [4.69, 9.17) is 0 Å². The lowest BCUT2D eigenvalue weighted by Gasteiger charge is -2.08. The van der Waals surface area contributed by atoms with Crippen LogP contribution in [0.5, 0.6) is 0 Å². The van der Waals surface area contributed by atoms with Gasteiger partial charge in [-0.1, -0.05) is 29.8 Å². The Kier molecular flexibility index (Phi) is 3.81. The predicted octanol–water partition coefficient (Wildman–Crippen LogP) is 2.46. The van der Waals surface area contributed by atoms with Crippen molar-refractivity contribution in [2.75, 3.05) is 5.32 Å². The molecule has 0 spiro atoms. The minimum atomic E-state index is -0.149. The number of anilines is 1. The molecule has 0 aliphatic rings. The maximum Gasteiger partial charge on any atom is 0.282 e. The Hall–Kier alpha value is -1.62. The second-order valence-electron chi connectivity index (χ2n) is 4.14. The lowest BCUT2D eigenvalue weighted by atomic mass is 10.1. The predicted molar refractivity (Wildman–Crippen MR) is 75.7 cm³/mol. The highest BCUT2D eigenvalue weighted by molar-refractivity contribution is 9.10. The van der Waals surface area contributed by atoms with Gasteiger partial charge in [-0.15, -0.1) is 0 Å². The van der Waals surface area contributed by atoms with Crippen molar-refractivity contribution in [1.82, 2.24) is 9.78 Å².